The van der Waals surface area contributed by atoms with Crippen molar-refractivity contribution in [1.29, 1.82) is 0 Å². The molecular formula is C24H18FN5O2S. The molecule has 2 heterocycles. The van der Waals surface area contributed by atoms with E-state index in [1.54, 1.807) is 17.5 Å². The molecule has 0 radical (unpaired) electrons. The lowest BCUT2D eigenvalue weighted by molar-refractivity contribution is -0.116. The van der Waals surface area contributed by atoms with Crippen molar-refractivity contribution in [2.24, 2.45) is 0 Å². The van der Waals surface area contributed by atoms with Crippen LogP contribution in [0.25, 0.3) is 17.5 Å². The van der Waals surface area contributed by atoms with E-state index in [2.05, 4.69) is 20.3 Å². The monoisotopic (exact) mass is 459 g/mol. The molecule has 0 unspecified atom stereocenters. The van der Waals surface area contributed by atoms with Gasteiger partial charge in [0.05, 0.1) is 29.5 Å². The Morgan fingerprint density at radius 1 is 1.03 bits per heavy atom. The zero-order valence-corrected chi connectivity index (χ0v) is 18.3. The number of hydrogen-bond donors (Lipinski definition) is 1. The average molecular weight is 460 g/mol. The third-order valence-electron chi connectivity index (χ3n) is 4.47. The van der Waals surface area contributed by atoms with Gasteiger partial charge in [0.2, 0.25) is 11.8 Å². The van der Waals surface area contributed by atoms with Crippen molar-refractivity contribution in [3.05, 3.63) is 90.0 Å². The number of nitrogens with zero attached hydrogens (tertiary/aromatic N) is 4. The van der Waals surface area contributed by atoms with Gasteiger partial charge in [-0.15, -0.1) is 11.3 Å². The Bertz CT molecular complexity index is 1310. The number of aromatic nitrogens is 3. The molecule has 2 aromatic heterocycles. The number of carbonyl (C=O) groups excluding carboxylic acids is 2. The fourth-order valence-corrected chi connectivity index (χ4v) is 3.82. The summed E-state index contributed by atoms with van der Waals surface area (Å²) in [5.41, 5.74) is 1.91. The summed E-state index contributed by atoms with van der Waals surface area (Å²) in [6.07, 6.45) is 5.88. The number of benzene rings is 2. The second kappa shape index (κ2) is 9.92. The van der Waals surface area contributed by atoms with E-state index in [1.165, 1.54) is 59.8 Å². The van der Waals surface area contributed by atoms with Crippen LogP contribution in [0.3, 0.4) is 0 Å². The van der Waals surface area contributed by atoms with E-state index >= 15 is 0 Å². The van der Waals surface area contributed by atoms with E-state index in [-0.39, 0.29) is 11.6 Å². The molecule has 33 heavy (non-hydrogen) atoms. The minimum atomic E-state index is -0.528. The van der Waals surface area contributed by atoms with Crippen LogP contribution in [-0.4, -0.2) is 26.8 Å². The molecule has 0 aliphatic heterocycles. The SMILES string of the molecule is CC(=O)N(c1nc(/C=C/C(=O)Nc2cnc(-c3ccccc3)nc2)cs1)c1ccccc1F. The van der Waals surface area contributed by atoms with Gasteiger partial charge < -0.3 is 5.32 Å². The molecule has 0 aliphatic rings. The summed E-state index contributed by atoms with van der Waals surface area (Å²) in [7, 11) is 0. The van der Waals surface area contributed by atoms with Crippen LogP contribution < -0.4 is 10.2 Å². The molecule has 0 spiro atoms. The van der Waals surface area contributed by atoms with Crippen molar-refractivity contribution in [1.82, 2.24) is 15.0 Å². The Kier molecular flexibility index (Phi) is 6.61. The maximum absolute atomic E-state index is 14.2. The van der Waals surface area contributed by atoms with Gasteiger partial charge in [0.25, 0.3) is 0 Å². The minimum absolute atomic E-state index is 0.117. The van der Waals surface area contributed by atoms with Gasteiger partial charge in [-0.05, 0) is 18.2 Å². The van der Waals surface area contributed by atoms with E-state index in [0.29, 0.717) is 22.3 Å². The van der Waals surface area contributed by atoms with Crippen molar-refractivity contribution in [2.45, 2.75) is 6.92 Å². The third kappa shape index (κ3) is 5.34. The number of para-hydroxylation sites is 1. The van der Waals surface area contributed by atoms with E-state index < -0.39 is 11.7 Å². The van der Waals surface area contributed by atoms with Crippen molar-refractivity contribution >= 4 is 45.7 Å². The highest BCUT2D eigenvalue weighted by atomic mass is 32.1. The van der Waals surface area contributed by atoms with Crippen molar-refractivity contribution in [2.75, 3.05) is 10.2 Å². The summed E-state index contributed by atoms with van der Waals surface area (Å²) in [5, 5.41) is 4.66. The Labute approximate surface area is 193 Å². The standard InChI is InChI=1S/C24H18FN5O2S/c1-16(31)30(21-10-6-5-9-20(21)25)24-29-18(15-33-24)11-12-22(32)28-19-13-26-23(27-14-19)17-7-3-2-4-8-17/h2-15H,1H3,(H,28,32)/b12-11+. The average Bonchev–Trinajstić information content (AvgIpc) is 3.28. The molecule has 0 saturated heterocycles. The maximum Gasteiger partial charge on any atom is 0.248 e. The fraction of sp³-hybridized carbons (Fsp3) is 0.0417. The van der Waals surface area contributed by atoms with Crippen LogP contribution in [0.4, 0.5) is 20.9 Å². The van der Waals surface area contributed by atoms with Crippen LogP contribution in [0.5, 0.6) is 0 Å². The number of rotatable bonds is 6. The Morgan fingerprint density at radius 3 is 2.42 bits per heavy atom. The van der Waals surface area contributed by atoms with Crippen LogP contribution in [0.1, 0.15) is 12.6 Å². The first kappa shape index (κ1) is 22.0. The van der Waals surface area contributed by atoms with Gasteiger partial charge in [0, 0.05) is 23.9 Å². The summed E-state index contributed by atoms with van der Waals surface area (Å²) in [6.45, 7) is 1.34. The highest BCUT2D eigenvalue weighted by Crippen LogP contribution is 2.31. The van der Waals surface area contributed by atoms with Gasteiger partial charge in [-0.2, -0.15) is 0 Å². The number of anilines is 3. The molecule has 1 N–H and O–H groups in total. The lowest BCUT2D eigenvalue weighted by Crippen LogP contribution is -2.23. The summed E-state index contributed by atoms with van der Waals surface area (Å²) in [5.74, 6) is -0.733. The lowest BCUT2D eigenvalue weighted by atomic mass is 10.2. The van der Waals surface area contributed by atoms with Crippen molar-refractivity contribution in [3.8, 4) is 11.4 Å². The van der Waals surface area contributed by atoms with Gasteiger partial charge in [-0.3, -0.25) is 14.5 Å². The first-order chi connectivity index (χ1) is 16.0. The largest absolute Gasteiger partial charge is 0.320 e. The Morgan fingerprint density at radius 2 is 1.73 bits per heavy atom. The first-order valence-electron chi connectivity index (χ1n) is 9.88. The molecule has 2 aromatic carbocycles. The predicted octanol–water partition coefficient (Wildman–Crippen LogP) is 5.08. The van der Waals surface area contributed by atoms with E-state index in [1.807, 2.05) is 30.3 Å². The third-order valence-corrected chi connectivity index (χ3v) is 5.31. The molecular weight excluding hydrogens is 441 g/mol. The smallest absolute Gasteiger partial charge is 0.248 e. The summed E-state index contributed by atoms with van der Waals surface area (Å²) < 4.78 is 14.2. The minimum Gasteiger partial charge on any atom is -0.320 e. The summed E-state index contributed by atoms with van der Waals surface area (Å²) >= 11 is 1.17. The molecule has 0 aliphatic carbocycles. The highest BCUT2D eigenvalue weighted by molar-refractivity contribution is 7.14. The molecule has 0 saturated carbocycles. The van der Waals surface area contributed by atoms with Gasteiger partial charge in [0.15, 0.2) is 11.0 Å². The molecule has 4 aromatic rings. The van der Waals surface area contributed by atoms with Gasteiger partial charge in [0.1, 0.15) is 5.82 Å². The molecule has 0 fully saturated rings. The van der Waals surface area contributed by atoms with Gasteiger partial charge >= 0.3 is 0 Å². The summed E-state index contributed by atoms with van der Waals surface area (Å²) in [4.78, 5) is 38.5. The van der Waals surface area contributed by atoms with Gasteiger partial charge in [-0.1, -0.05) is 42.5 Å². The topological polar surface area (TPSA) is 88.1 Å². The molecule has 7 nitrogen and oxygen atoms in total. The second-order valence-electron chi connectivity index (χ2n) is 6.84. The van der Waals surface area contributed by atoms with Crippen molar-refractivity contribution < 1.29 is 14.0 Å². The Balaban J connectivity index is 1.43. The molecule has 4 rings (SSSR count). The number of thiazole rings is 1. The van der Waals surface area contributed by atoms with Crippen molar-refractivity contribution in [3.63, 3.8) is 0 Å². The number of carbonyl (C=O) groups is 2. The molecule has 164 valence electrons. The van der Waals surface area contributed by atoms with Crippen LogP contribution in [0.2, 0.25) is 0 Å². The first-order valence-corrected chi connectivity index (χ1v) is 10.8. The van der Waals surface area contributed by atoms with E-state index in [4.69, 9.17) is 0 Å². The van der Waals surface area contributed by atoms with Crippen LogP contribution >= 0.6 is 11.3 Å². The second-order valence-corrected chi connectivity index (χ2v) is 7.68. The number of halogens is 1. The molecule has 0 bridgehead atoms. The zero-order valence-electron chi connectivity index (χ0n) is 17.5. The zero-order chi connectivity index (χ0) is 23.2. The van der Waals surface area contributed by atoms with Crippen LogP contribution in [-0.2, 0) is 9.59 Å². The summed E-state index contributed by atoms with van der Waals surface area (Å²) in [6, 6.07) is 15.5. The lowest BCUT2D eigenvalue weighted by Gasteiger charge is -2.18. The van der Waals surface area contributed by atoms with Crippen LogP contribution in [0.15, 0.2) is 78.4 Å². The number of hydrogen-bond acceptors (Lipinski definition) is 6. The highest BCUT2D eigenvalue weighted by Gasteiger charge is 2.20. The fourth-order valence-electron chi connectivity index (χ4n) is 2.97. The normalized spacial score (nSPS) is 10.8. The predicted molar refractivity (Wildman–Crippen MR) is 126 cm³/mol. The number of nitrogens with one attached hydrogen (secondary N) is 1. The number of amides is 2. The maximum atomic E-state index is 14.2. The molecule has 2 amide bonds. The quantitative estimate of drug-likeness (QED) is 0.407. The van der Waals surface area contributed by atoms with Gasteiger partial charge in [-0.25, -0.2) is 19.3 Å². The van der Waals surface area contributed by atoms with E-state index in [0.717, 1.165) is 5.56 Å². The van der Waals surface area contributed by atoms with E-state index in [9.17, 15) is 14.0 Å². The Hall–Kier alpha value is -4.24. The molecule has 0 atom stereocenters. The molecule has 9 heteroatoms. The van der Waals surface area contributed by atoms with Crippen LogP contribution in [0, 0.1) is 5.82 Å².